The Hall–Kier alpha value is -1.28. The van der Waals surface area contributed by atoms with E-state index in [1.807, 2.05) is 0 Å². The zero-order chi connectivity index (χ0) is 10.1. The van der Waals surface area contributed by atoms with E-state index in [1.54, 1.807) is 0 Å². The van der Waals surface area contributed by atoms with E-state index in [1.165, 1.54) is 6.92 Å². The number of rotatable bonds is 3. The van der Waals surface area contributed by atoms with Gasteiger partial charge < -0.3 is 4.42 Å². The SMILES string of the molecule is Cc1nnc(C([C]=O)S(=O)(=O)O)o1. The largest absolute Gasteiger partial charge is 0.424 e. The summed E-state index contributed by atoms with van der Waals surface area (Å²) in [4.78, 5) is 10.2. The minimum atomic E-state index is -4.57. The minimum Gasteiger partial charge on any atom is -0.424 e. The average molecular weight is 205 g/mol. The molecule has 71 valence electrons. The maximum atomic E-state index is 10.5. The summed E-state index contributed by atoms with van der Waals surface area (Å²) in [7, 11) is -4.57. The first-order valence-corrected chi connectivity index (χ1v) is 4.59. The van der Waals surface area contributed by atoms with Crippen LogP contribution in [-0.2, 0) is 14.9 Å². The topological polar surface area (TPSA) is 110 Å². The van der Waals surface area contributed by atoms with Gasteiger partial charge in [0.1, 0.15) is 0 Å². The summed E-state index contributed by atoms with van der Waals surface area (Å²) >= 11 is 0. The van der Waals surface area contributed by atoms with Gasteiger partial charge in [0, 0.05) is 6.92 Å². The van der Waals surface area contributed by atoms with Crippen LogP contribution in [0.3, 0.4) is 0 Å². The van der Waals surface area contributed by atoms with E-state index in [2.05, 4.69) is 14.6 Å². The van der Waals surface area contributed by atoms with Gasteiger partial charge >= 0.3 is 0 Å². The molecule has 1 aromatic rings. The summed E-state index contributed by atoms with van der Waals surface area (Å²) in [5.41, 5.74) is 0. The van der Waals surface area contributed by atoms with Crippen molar-refractivity contribution >= 4 is 16.4 Å². The van der Waals surface area contributed by atoms with E-state index in [9.17, 15) is 13.2 Å². The zero-order valence-electron chi connectivity index (χ0n) is 6.46. The molecule has 0 spiro atoms. The summed E-state index contributed by atoms with van der Waals surface area (Å²) in [6.07, 6.45) is 1.09. The highest BCUT2D eigenvalue weighted by atomic mass is 32.2. The van der Waals surface area contributed by atoms with E-state index >= 15 is 0 Å². The van der Waals surface area contributed by atoms with Crippen LogP contribution in [0.15, 0.2) is 4.42 Å². The molecule has 0 amide bonds. The Morgan fingerprint density at radius 3 is 2.46 bits per heavy atom. The van der Waals surface area contributed by atoms with Crippen molar-refractivity contribution in [2.45, 2.75) is 12.2 Å². The molecule has 0 aromatic carbocycles. The third-order valence-corrected chi connectivity index (χ3v) is 2.06. The van der Waals surface area contributed by atoms with Crippen molar-refractivity contribution in [3.8, 4) is 0 Å². The van der Waals surface area contributed by atoms with Crippen LogP contribution in [0, 0.1) is 6.92 Å². The number of hydrogen-bond donors (Lipinski definition) is 1. The van der Waals surface area contributed by atoms with Crippen molar-refractivity contribution in [3.63, 3.8) is 0 Å². The number of nitrogens with zero attached hydrogens (tertiary/aromatic N) is 2. The normalized spacial score (nSPS) is 14.0. The summed E-state index contributed by atoms with van der Waals surface area (Å²) in [5.74, 6) is -0.395. The van der Waals surface area contributed by atoms with E-state index in [4.69, 9.17) is 4.55 Å². The van der Waals surface area contributed by atoms with E-state index in [0.29, 0.717) is 0 Å². The van der Waals surface area contributed by atoms with Crippen molar-refractivity contribution in [1.82, 2.24) is 10.2 Å². The molecule has 0 aliphatic rings. The van der Waals surface area contributed by atoms with Crippen LogP contribution in [0.5, 0.6) is 0 Å². The smallest absolute Gasteiger partial charge is 0.284 e. The van der Waals surface area contributed by atoms with Crippen molar-refractivity contribution < 1.29 is 22.2 Å². The first-order chi connectivity index (χ1) is 5.95. The van der Waals surface area contributed by atoms with Crippen LogP contribution in [0.4, 0.5) is 0 Å². The second kappa shape index (κ2) is 3.23. The molecule has 0 aliphatic heterocycles. The molecule has 1 heterocycles. The Kier molecular flexibility index (Phi) is 2.43. The lowest BCUT2D eigenvalue weighted by molar-refractivity contribution is 0.438. The third kappa shape index (κ3) is 2.10. The van der Waals surface area contributed by atoms with Gasteiger partial charge in [-0.05, 0) is 0 Å². The monoisotopic (exact) mass is 205 g/mol. The predicted octanol–water partition coefficient (Wildman–Crippen LogP) is -0.583. The lowest BCUT2D eigenvalue weighted by Gasteiger charge is -1.98. The van der Waals surface area contributed by atoms with Crippen LogP contribution in [-0.4, -0.2) is 29.5 Å². The fraction of sp³-hybridized carbons (Fsp3) is 0.400. The Labute approximate surface area is 73.5 Å². The lowest BCUT2D eigenvalue weighted by Crippen LogP contribution is -2.13. The highest BCUT2D eigenvalue weighted by molar-refractivity contribution is 7.86. The van der Waals surface area contributed by atoms with E-state index < -0.39 is 21.3 Å². The van der Waals surface area contributed by atoms with Gasteiger partial charge in [0.25, 0.3) is 10.1 Å². The van der Waals surface area contributed by atoms with Crippen LogP contribution < -0.4 is 0 Å². The van der Waals surface area contributed by atoms with Crippen molar-refractivity contribution in [2.75, 3.05) is 0 Å². The fourth-order valence-electron chi connectivity index (χ4n) is 0.656. The standard InChI is InChI=1S/C5H5N2O5S/c1-3-6-7-5(12-3)4(2-8)13(9,10)11/h4H,1H3,(H,9,10,11). The van der Waals surface area contributed by atoms with Crippen LogP contribution in [0.1, 0.15) is 17.0 Å². The second-order valence-electron chi connectivity index (χ2n) is 2.17. The number of aryl methyl sites for hydroxylation is 1. The molecule has 7 nitrogen and oxygen atoms in total. The molecule has 1 N–H and O–H groups in total. The Bertz CT molecular complexity index is 408. The summed E-state index contributed by atoms with van der Waals surface area (Å²) < 4.78 is 34.2. The van der Waals surface area contributed by atoms with Gasteiger partial charge in [0.15, 0.2) is 0 Å². The van der Waals surface area contributed by atoms with Gasteiger partial charge in [-0.2, -0.15) is 8.42 Å². The molecule has 8 heteroatoms. The fourth-order valence-corrected chi connectivity index (χ4v) is 1.13. The molecule has 0 fully saturated rings. The molecular formula is C5H5N2O5S. The molecule has 0 aliphatic carbocycles. The zero-order valence-corrected chi connectivity index (χ0v) is 7.28. The van der Waals surface area contributed by atoms with Gasteiger partial charge in [-0.3, -0.25) is 9.35 Å². The Morgan fingerprint density at radius 1 is 1.54 bits per heavy atom. The molecule has 1 rings (SSSR count). The molecule has 1 aromatic heterocycles. The number of carbonyl (C=O) groups excluding carboxylic acids is 1. The second-order valence-corrected chi connectivity index (χ2v) is 3.67. The summed E-state index contributed by atoms with van der Waals surface area (Å²) in [5, 5.41) is 4.64. The van der Waals surface area contributed by atoms with Gasteiger partial charge in [-0.1, -0.05) is 0 Å². The van der Waals surface area contributed by atoms with Crippen molar-refractivity contribution in [3.05, 3.63) is 11.8 Å². The maximum absolute atomic E-state index is 10.5. The van der Waals surface area contributed by atoms with E-state index in [0.717, 1.165) is 6.29 Å². The van der Waals surface area contributed by atoms with Crippen molar-refractivity contribution in [2.24, 2.45) is 0 Å². The molecule has 1 unspecified atom stereocenters. The summed E-state index contributed by atoms with van der Waals surface area (Å²) in [6.45, 7) is 1.42. The van der Waals surface area contributed by atoms with Crippen LogP contribution >= 0.6 is 0 Å². The van der Waals surface area contributed by atoms with Gasteiger partial charge in [-0.25, -0.2) is 0 Å². The van der Waals surface area contributed by atoms with Gasteiger partial charge in [0.2, 0.25) is 23.3 Å². The average Bonchev–Trinajstić information content (AvgIpc) is 2.34. The van der Waals surface area contributed by atoms with Gasteiger partial charge in [-0.15, -0.1) is 10.2 Å². The molecular weight excluding hydrogens is 200 g/mol. The van der Waals surface area contributed by atoms with Crippen molar-refractivity contribution in [1.29, 1.82) is 0 Å². The summed E-state index contributed by atoms with van der Waals surface area (Å²) in [6, 6.07) is 0. The first kappa shape index (κ1) is 9.81. The molecule has 0 saturated heterocycles. The Morgan fingerprint density at radius 2 is 2.15 bits per heavy atom. The molecule has 0 saturated carbocycles. The quantitative estimate of drug-likeness (QED) is 0.657. The number of hydrogen-bond acceptors (Lipinski definition) is 6. The molecule has 0 bridgehead atoms. The first-order valence-electron chi connectivity index (χ1n) is 3.09. The number of aromatic nitrogens is 2. The van der Waals surface area contributed by atoms with Gasteiger partial charge in [0.05, 0.1) is 0 Å². The highest BCUT2D eigenvalue weighted by Crippen LogP contribution is 2.16. The maximum Gasteiger partial charge on any atom is 0.284 e. The molecule has 1 atom stereocenters. The van der Waals surface area contributed by atoms with Crippen LogP contribution in [0.25, 0.3) is 0 Å². The lowest BCUT2D eigenvalue weighted by atomic mass is 10.5. The predicted molar refractivity (Wildman–Crippen MR) is 39.0 cm³/mol. The molecule has 1 radical (unpaired) electrons. The highest BCUT2D eigenvalue weighted by Gasteiger charge is 2.30. The molecule has 13 heavy (non-hydrogen) atoms. The van der Waals surface area contributed by atoms with Crippen LogP contribution in [0.2, 0.25) is 0 Å². The third-order valence-electron chi connectivity index (χ3n) is 1.17. The Balaban J connectivity index is 3.12. The van der Waals surface area contributed by atoms with E-state index in [-0.39, 0.29) is 5.89 Å². The minimum absolute atomic E-state index is 0.0962.